The lowest BCUT2D eigenvalue weighted by Crippen LogP contribution is -2.32. The maximum Gasteiger partial charge on any atom is 0.343 e. The predicted molar refractivity (Wildman–Crippen MR) is 132 cm³/mol. The molecule has 4 rings (SSSR count). The number of amides is 2. The van der Waals surface area contributed by atoms with Crippen LogP contribution in [0.5, 0.6) is 5.75 Å². The van der Waals surface area contributed by atoms with E-state index in [0.717, 1.165) is 27.2 Å². The highest BCUT2D eigenvalue weighted by Crippen LogP contribution is 2.31. The van der Waals surface area contributed by atoms with Crippen LogP contribution in [-0.2, 0) is 9.59 Å². The molecule has 0 aromatic heterocycles. The van der Waals surface area contributed by atoms with Crippen molar-refractivity contribution in [3.05, 3.63) is 99.2 Å². The molecule has 6 nitrogen and oxygen atoms in total. The molecule has 7 heteroatoms. The van der Waals surface area contributed by atoms with Gasteiger partial charge in [-0.3, -0.25) is 9.59 Å². The van der Waals surface area contributed by atoms with E-state index in [4.69, 9.17) is 16.3 Å². The molecule has 1 heterocycles. The number of carbonyl (C=O) groups is 3. The number of hydrogen-bond acceptors (Lipinski definition) is 5. The topological polar surface area (TPSA) is 75.7 Å². The molecule has 1 aliphatic heterocycles. The largest absolute Gasteiger partial charge is 0.422 e. The van der Waals surface area contributed by atoms with Gasteiger partial charge in [0.1, 0.15) is 16.5 Å². The Hall–Kier alpha value is -3.90. The van der Waals surface area contributed by atoms with Crippen LogP contribution >= 0.6 is 11.6 Å². The first kappa shape index (κ1) is 23.3. The Kier molecular flexibility index (Phi) is 6.26. The van der Waals surface area contributed by atoms with Gasteiger partial charge in [-0.1, -0.05) is 35.9 Å². The van der Waals surface area contributed by atoms with Gasteiger partial charge < -0.3 is 10.1 Å². The molecular formula is C27H23ClN2O4. The number of carbonyl (C=O) groups excluding carboxylic acids is 3. The maximum atomic E-state index is 13.0. The molecule has 172 valence electrons. The molecule has 0 saturated heterocycles. The first-order chi connectivity index (χ1) is 16.2. The standard InChI is InChI=1S/C27H23ClN2O4/c1-15-12-16(2)14-21(13-15)30-25(31)22(28)23(26(30)32)29-20-10-8-19(9-11-20)27(33)34-24-17(3)6-5-7-18(24)4/h5-14,29H,1-4H3. The second-order valence-corrected chi connectivity index (χ2v) is 8.67. The summed E-state index contributed by atoms with van der Waals surface area (Å²) in [6.07, 6.45) is 0. The third kappa shape index (κ3) is 4.45. The SMILES string of the molecule is Cc1cc(C)cc(N2C(=O)C(Cl)=C(Nc3ccc(C(=O)Oc4c(C)cccc4C)cc3)C2=O)c1. The van der Waals surface area contributed by atoms with Crippen LogP contribution < -0.4 is 15.0 Å². The van der Waals surface area contributed by atoms with Gasteiger partial charge >= 0.3 is 5.97 Å². The average molecular weight is 475 g/mol. The number of aryl methyl sites for hydroxylation is 4. The molecule has 0 aliphatic carbocycles. The average Bonchev–Trinajstić information content (AvgIpc) is 2.99. The second kappa shape index (κ2) is 9.15. The zero-order chi connectivity index (χ0) is 24.6. The van der Waals surface area contributed by atoms with Crippen molar-refractivity contribution in [2.24, 2.45) is 0 Å². The smallest absolute Gasteiger partial charge is 0.343 e. The van der Waals surface area contributed by atoms with E-state index in [0.29, 0.717) is 22.7 Å². The molecule has 0 fully saturated rings. The molecule has 0 spiro atoms. The molecule has 0 atom stereocenters. The third-order valence-electron chi connectivity index (χ3n) is 5.49. The quantitative estimate of drug-likeness (QED) is 0.297. The van der Waals surface area contributed by atoms with Crippen molar-refractivity contribution in [2.45, 2.75) is 27.7 Å². The number of anilines is 2. The summed E-state index contributed by atoms with van der Waals surface area (Å²) in [5.41, 5.74) is 4.88. The number of imide groups is 1. The van der Waals surface area contributed by atoms with E-state index in [1.54, 1.807) is 36.4 Å². The van der Waals surface area contributed by atoms with Gasteiger partial charge in [-0.25, -0.2) is 9.69 Å². The summed E-state index contributed by atoms with van der Waals surface area (Å²) in [4.78, 5) is 39.4. The van der Waals surface area contributed by atoms with Gasteiger partial charge in [-0.15, -0.1) is 0 Å². The van der Waals surface area contributed by atoms with Crippen molar-refractivity contribution in [1.82, 2.24) is 0 Å². The highest BCUT2D eigenvalue weighted by molar-refractivity contribution is 6.53. The van der Waals surface area contributed by atoms with E-state index >= 15 is 0 Å². The Balaban J connectivity index is 1.51. The van der Waals surface area contributed by atoms with Crippen LogP contribution in [0, 0.1) is 27.7 Å². The Bertz CT molecular complexity index is 1320. The molecule has 3 aromatic rings. The number of ether oxygens (including phenoxy) is 1. The van der Waals surface area contributed by atoms with Gasteiger partial charge in [0.15, 0.2) is 0 Å². The molecule has 34 heavy (non-hydrogen) atoms. The van der Waals surface area contributed by atoms with Crippen LogP contribution in [0.4, 0.5) is 11.4 Å². The van der Waals surface area contributed by atoms with Gasteiger partial charge in [-0.05, 0) is 86.3 Å². The van der Waals surface area contributed by atoms with Gasteiger partial charge in [0.2, 0.25) is 0 Å². The first-order valence-electron chi connectivity index (χ1n) is 10.7. The Morgan fingerprint density at radius 3 is 2.03 bits per heavy atom. The minimum Gasteiger partial charge on any atom is -0.422 e. The fraction of sp³-hybridized carbons (Fsp3) is 0.148. The maximum absolute atomic E-state index is 13.0. The molecule has 1 N–H and O–H groups in total. The fourth-order valence-electron chi connectivity index (χ4n) is 3.87. The van der Waals surface area contributed by atoms with Crippen molar-refractivity contribution < 1.29 is 19.1 Å². The van der Waals surface area contributed by atoms with Crippen molar-refractivity contribution in [2.75, 3.05) is 10.2 Å². The highest BCUT2D eigenvalue weighted by Gasteiger charge is 2.39. The van der Waals surface area contributed by atoms with E-state index < -0.39 is 17.8 Å². The summed E-state index contributed by atoms with van der Waals surface area (Å²) in [7, 11) is 0. The number of para-hydroxylation sites is 1. The number of rotatable bonds is 5. The number of esters is 1. The number of nitrogens with zero attached hydrogens (tertiary/aromatic N) is 1. The van der Waals surface area contributed by atoms with Crippen molar-refractivity contribution in [3.63, 3.8) is 0 Å². The number of benzene rings is 3. The van der Waals surface area contributed by atoms with E-state index in [1.807, 2.05) is 52.0 Å². The molecule has 2 amide bonds. The van der Waals surface area contributed by atoms with Gasteiger partial charge in [0, 0.05) is 5.69 Å². The lowest BCUT2D eigenvalue weighted by atomic mass is 10.1. The van der Waals surface area contributed by atoms with Crippen molar-refractivity contribution in [3.8, 4) is 5.75 Å². The normalized spacial score (nSPS) is 13.5. The van der Waals surface area contributed by atoms with E-state index in [-0.39, 0.29) is 10.7 Å². The van der Waals surface area contributed by atoms with E-state index in [1.165, 1.54) is 0 Å². The monoisotopic (exact) mass is 474 g/mol. The number of halogens is 1. The fourth-order valence-corrected chi connectivity index (χ4v) is 4.08. The highest BCUT2D eigenvalue weighted by atomic mass is 35.5. The molecule has 0 unspecified atom stereocenters. The Morgan fingerprint density at radius 1 is 0.853 bits per heavy atom. The number of hydrogen-bond donors (Lipinski definition) is 1. The lowest BCUT2D eigenvalue weighted by molar-refractivity contribution is -0.120. The summed E-state index contributed by atoms with van der Waals surface area (Å²) in [5.74, 6) is -1.09. The van der Waals surface area contributed by atoms with Crippen molar-refractivity contribution >= 4 is 40.8 Å². The Morgan fingerprint density at radius 2 is 1.44 bits per heavy atom. The van der Waals surface area contributed by atoms with Crippen LogP contribution in [0.25, 0.3) is 0 Å². The number of nitrogens with one attached hydrogen (secondary N) is 1. The van der Waals surface area contributed by atoms with Crippen LogP contribution in [0.1, 0.15) is 32.6 Å². The second-order valence-electron chi connectivity index (χ2n) is 8.29. The summed E-state index contributed by atoms with van der Waals surface area (Å²) in [6.45, 7) is 7.54. The van der Waals surface area contributed by atoms with Gasteiger partial charge in [0.25, 0.3) is 11.8 Å². The summed E-state index contributed by atoms with van der Waals surface area (Å²) in [6, 6.07) is 17.5. The van der Waals surface area contributed by atoms with Crippen LogP contribution in [-0.4, -0.2) is 17.8 Å². The predicted octanol–water partition coefficient (Wildman–Crippen LogP) is 5.58. The molecule has 3 aromatic carbocycles. The van der Waals surface area contributed by atoms with Crippen LogP contribution in [0.3, 0.4) is 0 Å². The van der Waals surface area contributed by atoms with Gasteiger partial charge in [0.05, 0.1) is 11.3 Å². The minimum atomic E-state index is -0.590. The lowest BCUT2D eigenvalue weighted by Gasteiger charge is -2.16. The summed E-state index contributed by atoms with van der Waals surface area (Å²) in [5, 5.41) is 2.73. The first-order valence-corrected chi connectivity index (χ1v) is 11.1. The minimum absolute atomic E-state index is 0.0170. The molecular weight excluding hydrogens is 452 g/mol. The van der Waals surface area contributed by atoms with Crippen LogP contribution in [0.2, 0.25) is 0 Å². The zero-order valence-electron chi connectivity index (χ0n) is 19.2. The van der Waals surface area contributed by atoms with Crippen molar-refractivity contribution in [1.29, 1.82) is 0 Å². The molecule has 0 saturated carbocycles. The van der Waals surface area contributed by atoms with E-state index in [2.05, 4.69) is 5.32 Å². The summed E-state index contributed by atoms with van der Waals surface area (Å²) >= 11 is 6.23. The molecule has 1 aliphatic rings. The molecule has 0 radical (unpaired) electrons. The zero-order valence-corrected chi connectivity index (χ0v) is 20.0. The summed E-state index contributed by atoms with van der Waals surface area (Å²) < 4.78 is 5.57. The van der Waals surface area contributed by atoms with E-state index in [9.17, 15) is 14.4 Å². The third-order valence-corrected chi connectivity index (χ3v) is 5.84. The molecule has 0 bridgehead atoms. The van der Waals surface area contributed by atoms with Crippen LogP contribution in [0.15, 0.2) is 71.4 Å². The van der Waals surface area contributed by atoms with Gasteiger partial charge in [-0.2, -0.15) is 0 Å². The Labute approximate surface area is 202 Å².